The maximum atomic E-state index is 13.3. The van der Waals surface area contributed by atoms with Crippen LogP contribution in [-0.4, -0.2) is 85.7 Å². The predicted octanol–water partition coefficient (Wildman–Crippen LogP) is 2.70. The molecular formula is C27H35NO8. The fourth-order valence-corrected chi connectivity index (χ4v) is 4.91. The van der Waals surface area contributed by atoms with Crippen LogP contribution in [0.5, 0.6) is 0 Å². The van der Waals surface area contributed by atoms with Crippen LogP contribution >= 0.6 is 0 Å². The highest BCUT2D eigenvalue weighted by atomic mass is 16.8. The van der Waals surface area contributed by atoms with E-state index in [-0.39, 0.29) is 11.9 Å². The van der Waals surface area contributed by atoms with Gasteiger partial charge in [-0.1, -0.05) is 48.6 Å². The van der Waals surface area contributed by atoms with E-state index >= 15 is 0 Å². The maximum absolute atomic E-state index is 13.3. The number of ether oxygens (including phenoxy) is 6. The molecule has 3 aliphatic heterocycles. The summed E-state index contributed by atoms with van der Waals surface area (Å²) in [5, 5.41) is 0. The summed E-state index contributed by atoms with van der Waals surface area (Å²) in [7, 11) is 2.81. The zero-order valence-electron chi connectivity index (χ0n) is 21.6. The van der Waals surface area contributed by atoms with Gasteiger partial charge in [0.1, 0.15) is 18.3 Å². The van der Waals surface area contributed by atoms with Gasteiger partial charge in [0.2, 0.25) is 0 Å². The molecule has 3 aliphatic rings. The molecule has 1 amide bonds. The number of rotatable bonds is 8. The van der Waals surface area contributed by atoms with Gasteiger partial charge in [-0.3, -0.25) is 4.79 Å². The van der Waals surface area contributed by atoms with Crippen LogP contribution in [0.1, 0.15) is 33.3 Å². The normalized spacial score (nSPS) is 32.2. The minimum atomic E-state index is -0.938. The van der Waals surface area contributed by atoms with Crippen LogP contribution in [0.3, 0.4) is 0 Å². The van der Waals surface area contributed by atoms with Gasteiger partial charge in [-0.15, -0.1) is 0 Å². The molecule has 0 N–H and O–H groups in total. The predicted molar refractivity (Wildman–Crippen MR) is 131 cm³/mol. The number of hydrogen-bond acceptors (Lipinski definition) is 8. The molecule has 6 atom stereocenters. The van der Waals surface area contributed by atoms with Gasteiger partial charge in [-0.25, -0.2) is 4.79 Å². The second kappa shape index (κ2) is 10.4. The average Bonchev–Trinajstić information content (AvgIpc) is 3.37. The molecular weight excluding hydrogens is 466 g/mol. The first-order chi connectivity index (χ1) is 17.0. The Balaban J connectivity index is 1.68. The van der Waals surface area contributed by atoms with Crippen LogP contribution in [0.2, 0.25) is 0 Å². The van der Waals surface area contributed by atoms with Crippen molar-refractivity contribution in [3.8, 4) is 0 Å². The number of carbonyl (C=O) groups excluding carboxylic acids is 2. The summed E-state index contributed by atoms with van der Waals surface area (Å²) >= 11 is 0. The van der Waals surface area contributed by atoms with Crippen molar-refractivity contribution in [2.45, 2.75) is 75.8 Å². The molecule has 3 fully saturated rings. The monoisotopic (exact) mass is 501 g/mol. The minimum Gasteiger partial charge on any atom is -0.466 e. The number of amides is 1. The molecule has 0 spiro atoms. The van der Waals surface area contributed by atoms with Crippen LogP contribution in [0.25, 0.3) is 6.08 Å². The molecule has 3 saturated heterocycles. The van der Waals surface area contributed by atoms with E-state index in [0.717, 1.165) is 5.56 Å². The molecule has 1 aromatic rings. The molecule has 4 rings (SSSR count). The van der Waals surface area contributed by atoms with Crippen molar-refractivity contribution in [3.05, 3.63) is 54.1 Å². The molecule has 9 heteroatoms. The first-order valence-electron chi connectivity index (χ1n) is 12.1. The fourth-order valence-electron chi connectivity index (χ4n) is 4.91. The molecule has 0 aromatic heterocycles. The van der Waals surface area contributed by atoms with E-state index in [1.165, 1.54) is 20.3 Å². The molecule has 196 valence electrons. The van der Waals surface area contributed by atoms with Gasteiger partial charge in [-0.2, -0.15) is 0 Å². The molecule has 0 bridgehead atoms. The number of β-lactam (4-membered cyclic amide) rings is 1. The van der Waals surface area contributed by atoms with Gasteiger partial charge >= 0.3 is 5.97 Å². The van der Waals surface area contributed by atoms with Crippen LogP contribution in [0.15, 0.2) is 48.6 Å². The fraction of sp³-hybridized carbons (Fsp3) is 0.556. The quantitative estimate of drug-likeness (QED) is 0.305. The van der Waals surface area contributed by atoms with Gasteiger partial charge < -0.3 is 33.3 Å². The zero-order valence-corrected chi connectivity index (χ0v) is 21.6. The lowest BCUT2D eigenvalue weighted by molar-refractivity contribution is -0.180. The Bertz CT molecular complexity index is 1000. The lowest BCUT2D eigenvalue weighted by Gasteiger charge is -2.50. The Morgan fingerprint density at radius 3 is 2.42 bits per heavy atom. The number of hydrogen-bond donors (Lipinski definition) is 0. The van der Waals surface area contributed by atoms with Gasteiger partial charge in [0.25, 0.3) is 5.91 Å². The van der Waals surface area contributed by atoms with Crippen LogP contribution in [0, 0.1) is 0 Å². The number of esters is 1. The van der Waals surface area contributed by atoms with Crippen molar-refractivity contribution in [2.24, 2.45) is 0 Å². The van der Waals surface area contributed by atoms with E-state index in [2.05, 4.69) is 0 Å². The minimum absolute atomic E-state index is 0.212. The van der Waals surface area contributed by atoms with Crippen molar-refractivity contribution < 1.29 is 38.0 Å². The third-order valence-electron chi connectivity index (χ3n) is 6.52. The van der Waals surface area contributed by atoms with E-state index in [9.17, 15) is 9.59 Å². The Morgan fingerprint density at radius 1 is 1.08 bits per heavy atom. The van der Waals surface area contributed by atoms with Gasteiger partial charge in [0, 0.05) is 13.2 Å². The standard InChI is InChI=1S/C27H35NO8/c1-26(2)33-16-20(34-26)24-22(35-27(3,4)36-24)18(14-15-21(29)31-5)28-19(23(32-6)25(28)30)13-12-17-10-8-7-9-11-17/h7-15,18-20,22-24H,16H2,1-6H3/b13-12+,15-14+/t18-,19-,20+,22+,23+,24+/m0/s1. The summed E-state index contributed by atoms with van der Waals surface area (Å²) in [6, 6.07) is 8.73. The Kier molecular flexibility index (Phi) is 7.68. The maximum Gasteiger partial charge on any atom is 0.330 e. The van der Waals surface area contributed by atoms with Crippen LogP contribution in [-0.2, 0) is 38.0 Å². The lowest BCUT2D eigenvalue weighted by atomic mass is 9.89. The molecule has 1 aromatic carbocycles. The molecule has 0 unspecified atom stereocenters. The number of nitrogens with zero attached hydrogens (tertiary/aromatic N) is 1. The number of carbonyl (C=O) groups is 2. The second-order valence-electron chi connectivity index (χ2n) is 9.97. The highest BCUT2D eigenvalue weighted by Crippen LogP contribution is 2.40. The number of likely N-dealkylation sites (tertiary alicyclic amines) is 1. The van der Waals surface area contributed by atoms with Crippen molar-refractivity contribution in [2.75, 3.05) is 20.8 Å². The SMILES string of the molecule is COC(=O)/C=C/[C@@H]([C@H]1OC(C)(C)O[C@@H]1[C@H]1COC(C)(C)O1)N1C(=O)[C@H](OC)[C@@H]1/C=C/c1ccccc1. The average molecular weight is 502 g/mol. The van der Waals surface area contributed by atoms with E-state index in [1.807, 2.05) is 70.2 Å². The summed E-state index contributed by atoms with van der Waals surface area (Å²) in [5.74, 6) is -2.45. The van der Waals surface area contributed by atoms with Gasteiger partial charge in [0.05, 0.1) is 25.8 Å². The van der Waals surface area contributed by atoms with E-state index < -0.39 is 48.0 Å². The molecule has 0 aliphatic carbocycles. The van der Waals surface area contributed by atoms with E-state index in [1.54, 1.807) is 11.0 Å². The van der Waals surface area contributed by atoms with Gasteiger partial charge in [0.15, 0.2) is 17.7 Å². The molecule has 3 heterocycles. The van der Waals surface area contributed by atoms with Crippen LogP contribution < -0.4 is 0 Å². The second-order valence-corrected chi connectivity index (χ2v) is 9.97. The first-order valence-corrected chi connectivity index (χ1v) is 12.1. The molecule has 0 saturated carbocycles. The highest BCUT2D eigenvalue weighted by Gasteiger charge is 2.57. The summed E-state index contributed by atoms with van der Waals surface area (Å²) in [4.78, 5) is 27.0. The van der Waals surface area contributed by atoms with E-state index in [4.69, 9.17) is 28.4 Å². The third kappa shape index (κ3) is 5.55. The van der Waals surface area contributed by atoms with E-state index in [0.29, 0.717) is 6.61 Å². The zero-order chi connectivity index (χ0) is 26.1. The van der Waals surface area contributed by atoms with Gasteiger partial charge in [-0.05, 0) is 33.3 Å². The van der Waals surface area contributed by atoms with Crippen molar-refractivity contribution in [3.63, 3.8) is 0 Å². The number of benzene rings is 1. The smallest absolute Gasteiger partial charge is 0.330 e. The first kappa shape index (κ1) is 26.5. The number of methoxy groups -OCH3 is 2. The third-order valence-corrected chi connectivity index (χ3v) is 6.52. The Labute approximate surface area is 211 Å². The van der Waals surface area contributed by atoms with Crippen molar-refractivity contribution in [1.29, 1.82) is 0 Å². The Hall–Kier alpha value is -2.56. The molecule has 36 heavy (non-hydrogen) atoms. The molecule has 0 radical (unpaired) electrons. The van der Waals surface area contributed by atoms with Crippen molar-refractivity contribution in [1.82, 2.24) is 4.90 Å². The van der Waals surface area contributed by atoms with Crippen molar-refractivity contribution >= 4 is 18.0 Å². The van der Waals surface area contributed by atoms with Crippen LogP contribution in [0.4, 0.5) is 0 Å². The summed E-state index contributed by atoms with van der Waals surface area (Å²) < 4.78 is 34.8. The summed E-state index contributed by atoms with van der Waals surface area (Å²) in [6.07, 6.45) is 4.53. The summed E-state index contributed by atoms with van der Waals surface area (Å²) in [6.45, 7) is 7.61. The molecule has 9 nitrogen and oxygen atoms in total. The highest BCUT2D eigenvalue weighted by molar-refractivity contribution is 5.90. The Morgan fingerprint density at radius 2 is 1.81 bits per heavy atom. The summed E-state index contributed by atoms with van der Waals surface area (Å²) in [5.41, 5.74) is 0.992. The lowest BCUT2D eigenvalue weighted by Crippen LogP contribution is -2.70. The largest absolute Gasteiger partial charge is 0.466 e. The topological polar surface area (TPSA) is 92.8 Å².